The Morgan fingerprint density at radius 3 is 2.59 bits per heavy atom. The predicted octanol–water partition coefficient (Wildman–Crippen LogP) is 4.92. The number of nitrogens with one attached hydrogen (secondary N) is 1. The maximum absolute atomic E-state index is 11.7. The van der Waals surface area contributed by atoms with Crippen LogP contribution in [-0.4, -0.2) is 52.1 Å². The number of carbonyl (C=O) groups is 1. The molecule has 170 valence electrons. The first-order chi connectivity index (χ1) is 15.2. The van der Waals surface area contributed by atoms with Crippen molar-refractivity contribution in [3.8, 4) is 5.75 Å². The zero-order chi connectivity index (χ0) is 22.9. The lowest BCUT2D eigenvalue weighted by Gasteiger charge is -2.42. The smallest absolute Gasteiger partial charge is 0.407 e. The summed E-state index contributed by atoms with van der Waals surface area (Å²) in [5.74, 6) is 1.15. The highest BCUT2D eigenvalue weighted by atomic mass is 16.5. The molecule has 7 heteroatoms. The fourth-order valence-electron chi connectivity index (χ4n) is 4.43. The quantitative estimate of drug-likeness (QED) is 0.593. The van der Waals surface area contributed by atoms with Crippen LogP contribution in [0.2, 0.25) is 0 Å². The number of amides is 1. The summed E-state index contributed by atoms with van der Waals surface area (Å²) in [5.41, 5.74) is 3.27. The van der Waals surface area contributed by atoms with Gasteiger partial charge in [0.05, 0.1) is 25.4 Å². The van der Waals surface area contributed by atoms with E-state index in [0.717, 1.165) is 34.3 Å². The molecule has 2 atom stereocenters. The third kappa shape index (κ3) is 4.82. The van der Waals surface area contributed by atoms with E-state index in [1.807, 2.05) is 35.1 Å². The van der Waals surface area contributed by atoms with E-state index in [2.05, 4.69) is 49.4 Å². The van der Waals surface area contributed by atoms with Crippen LogP contribution in [0.15, 0.2) is 48.7 Å². The van der Waals surface area contributed by atoms with Crippen LogP contribution in [0.4, 0.5) is 10.5 Å². The monoisotopic (exact) mass is 436 g/mol. The van der Waals surface area contributed by atoms with Crippen molar-refractivity contribution in [2.24, 2.45) is 11.3 Å². The Bertz CT molecular complexity index is 1080. The third-order valence-corrected chi connectivity index (χ3v) is 6.45. The number of hydrogen-bond acceptors (Lipinski definition) is 4. The van der Waals surface area contributed by atoms with E-state index in [0.29, 0.717) is 25.6 Å². The van der Waals surface area contributed by atoms with Crippen LogP contribution in [0.1, 0.15) is 32.8 Å². The Morgan fingerprint density at radius 2 is 1.94 bits per heavy atom. The Kier molecular flexibility index (Phi) is 6.00. The number of aromatic nitrogens is 2. The van der Waals surface area contributed by atoms with Crippen molar-refractivity contribution in [2.75, 3.05) is 25.5 Å². The molecule has 1 amide bonds. The highest BCUT2D eigenvalue weighted by molar-refractivity contribution is 5.82. The van der Waals surface area contributed by atoms with Crippen molar-refractivity contribution in [2.45, 2.75) is 39.8 Å². The molecule has 1 fully saturated rings. The Hall–Kier alpha value is -3.22. The molecule has 7 nitrogen and oxygen atoms in total. The largest absolute Gasteiger partial charge is 0.497 e. The summed E-state index contributed by atoms with van der Waals surface area (Å²) in [5, 5.41) is 18.8. The van der Waals surface area contributed by atoms with E-state index < -0.39 is 6.09 Å². The van der Waals surface area contributed by atoms with E-state index >= 15 is 0 Å². The number of benzene rings is 2. The minimum atomic E-state index is -0.846. The van der Waals surface area contributed by atoms with E-state index in [1.165, 1.54) is 0 Å². The predicted molar refractivity (Wildman–Crippen MR) is 126 cm³/mol. The third-order valence-electron chi connectivity index (χ3n) is 6.45. The fraction of sp³-hybridized carbons (Fsp3) is 0.440. The van der Waals surface area contributed by atoms with Gasteiger partial charge in [-0.3, -0.25) is 4.68 Å². The Morgan fingerprint density at radius 1 is 1.19 bits per heavy atom. The van der Waals surface area contributed by atoms with E-state index in [-0.39, 0.29) is 11.5 Å². The summed E-state index contributed by atoms with van der Waals surface area (Å²) < 4.78 is 7.22. The van der Waals surface area contributed by atoms with Crippen LogP contribution in [0.3, 0.4) is 0 Å². The summed E-state index contributed by atoms with van der Waals surface area (Å²) in [6.07, 6.45) is 1.98. The zero-order valence-corrected chi connectivity index (χ0v) is 19.2. The second-order valence-electron chi connectivity index (χ2n) is 9.75. The number of likely N-dealkylation sites (tertiary alicyclic amines) is 1. The molecule has 1 aliphatic heterocycles. The Labute approximate surface area is 189 Å². The number of nitrogens with zero attached hydrogens (tertiary/aromatic N) is 3. The molecule has 0 bridgehead atoms. The summed E-state index contributed by atoms with van der Waals surface area (Å²) in [7, 11) is 1.66. The molecule has 0 aliphatic carbocycles. The molecule has 0 spiro atoms. The highest BCUT2D eigenvalue weighted by Crippen LogP contribution is 2.34. The number of piperidine rings is 1. The lowest BCUT2D eigenvalue weighted by atomic mass is 9.75. The zero-order valence-electron chi connectivity index (χ0n) is 19.2. The van der Waals surface area contributed by atoms with Gasteiger partial charge in [0.25, 0.3) is 0 Å². The standard InChI is InChI=1S/C25H32N4O3/c1-25(2,3)19-12-21(16-28(15-19)24(30)31)27-20-7-10-23-18(11-20)13-26-29(23)14-17-5-8-22(32-4)9-6-17/h5-11,13,19,21,27H,12,14-16H2,1-4H3,(H,30,31). The van der Waals surface area contributed by atoms with Gasteiger partial charge in [-0.15, -0.1) is 0 Å². The molecule has 4 rings (SSSR count). The number of fused-ring (bicyclic) bond motifs is 1. The molecule has 0 saturated carbocycles. The van der Waals surface area contributed by atoms with Crippen molar-refractivity contribution < 1.29 is 14.6 Å². The van der Waals surface area contributed by atoms with Gasteiger partial charge >= 0.3 is 6.09 Å². The SMILES string of the molecule is COc1ccc(Cn2ncc3cc(NC4CC(C(C)(C)C)CN(C(=O)O)C4)ccc32)cc1. The lowest BCUT2D eigenvalue weighted by molar-refractivity contribution is 0.0807. The van der Waals surface area contributed by atoms with Crippen LogP contribution < -0.4 is 10.1 Å². The van der Waals surface area contributed by atoms with Crippen molar-refractivity contribution in [3.05, 3.63) is 54.2 Å². The fourth-order valence-corrected chi connectivity index (χ4v) is 4.43. The maximum Gasteiger partial charge on any atom is 0.407 e. The van der Waals surface area contributed by atoms with Gasteiger partial charge in [0.15, 0.2) is 0 Å². The average molecular weight is 437 g/mol. The first kappa shape index (κ1) is 22.0. The van der Waals surface area contributed by atoms with E-state index in [9.17, 15) is 9.90 Å². The van der Waals surface area contributed by atoms with Gasteiger partial charge in [-0.05, 0) is 53.6 Å². The average Bonchev–Trinajstić information content (AvgIpc) is 3.15. The number of anilines is 1. The normalized spacial score (nSPS) is 19.2. The van der Waals surface area contributed by atoms with Gasteiger partial charge in [0.1, 0.15) is 5.75 Å². The first-order valence-corrected chi connectivity index (χ1v) is 11.1. The molecule has 2 unspecified atom stereocenters. The highest BCUT2D eigenvalue weighted by Gasteiger charge is 2.36. The molecule has 3 aromatic rings. The molecule has 32 heavy (non-hydrogen) atoms. The summed E-state index contributed by atoms with van der Waals surface area (Å²) >= 11 is 0. The van der Waals surface area contributed by atoms with Gasteiger partial charge in [-0.1, -0.05) is 32.9 Å². The van der Waals surface area contributed by atoms with Crippen molar-refractivity contribution in [3.63, 3.8) is 0 Å². The Balaban J connectivity index is 1.49. The molecule has 2 aromatic carbocycles. The molecular weight excluding hydrogens is 404 g/mol. The number of hydrogen-bond donors (Lipinski definition) is 2. The molecule has 0 radical (unpaired) electrons. The molecule has 1 aromatic heterocycles. The van der Waals surface area contributed by atoms with Crippen molar-refractivity contribution in [1.82, 2.24) is 14.7 Å². The molecule has 1 saturated heterocycles. The minimum Gasteiger partial charge on any atom is -0.497 e. The topological polar surface area (TPSA) is 79.6 Å². The molecule has 2 heterocycles. The van der Waals surface area contributed by atoms with E-state index in [1.54, 1.807) is 12.0 Å². The summed E-state index contributed by atoms with van der Waals surface area (Å²) in [6.45, 7) is 8.32. The molecule has 2 N–H and O–H groups in total. The van der Waals surface area contributed by atoms with Gasteiger partial charge in [-0.25, -0.2) is 4.79 Å². The number of carboxylic acid groups (broad SMARTS) is 1. The second kappa shape index (κ2) is 8.73. The minimum absolute atomic E-state index is 0.0562. The first-order valence-electron chi connectivity index (χ1n) is 11.1. The van der Waals surface area contributed by atoms with E-state index in [4.69, 9.17) is 4.74 Å². The molecular formula is C25H32N4O3. The second-order valence-corrected chi connectivity index (χ2v) is 9.75. The number of rotatable bonds is 5. The van der Waals surface area contributed by atoms with Crippen molar-refractivity contribution >= 4 is 22.7 Å². The van der Waals surface area contributed by atoms with Crippen molar-refractivity contribution in [1.29, 1.82) is 0 Å². The van der Waals surface area contributed by atoms with Crippen LogP contribution in [0.25, 0.3) is 10.9 Å². The van der Waals surface area contributed by atoms with Crippen LogP contribution in [0, 0.1) is 11.3 Å². The molecule has 1 aliphatic rings. The van der Waals surface area contributed by atoms with Crippen LogP contribution in [0.5, 0.6) is 5.75 Å². The lowest BCUT2D eigenvalue weighted by Crippen LogP contribution is -2.51. The number of methoxy groups -OCH3 is 1. The number of ether oxygens (including phenoxy) is 1. The van der Waals surface area contributed by atoms with Gasteiger partial charge < -0.3 is 20.1 Å². The van der Waals surface area contributed by atoms with Crippen LogP contribution in [-0.2, 0) is 6.54 Å². The van der Waals surface area contributed by atoms with Gasteiger partial charge in [-0.2, -0.15) is 5.10 Å². The maximum atomic E-state index is 11.7. The summed E-state index contributed by atoms with van der Waals surface area (Å²) in [6, 6.07) is 14.3. The van der Waals surface area contributed by atoms with Gasteiger partial charge in [0.2, 0.25) is 0 Å². The summed E-state index contributed by atoms with van der Waals surface area (Å²) in [4.78, 5) is 13.2. The van der Waals surface area contributed by atoms with Crippen LogP contribution >= 0.6 is 0 Å². The van der Waals surface area contributed by atoms with Gasteiger partial charge in [0, 0.05) is 30.2 Å².